The summed E-state index contributed by atoms with van der Waals surface area (Å²) in [6.45, 7) is 8.62. The van der Waals surface area contributed by atoms with Gasteiger partial charge in [0.1, 0.15) is 11.7 Å². The quantitative estimate of drug-likeness (QED) is 0.655. The highest BCUT2D eigenvalue weighted by atomic mass is 16.1. The number of hydrogen-bond donors (Lipinski definition) is 0. The van der Waals surface area contributed by atoms with Crippen LogP contribution < -0.4 is 5.56 Å². The fourth-order valence-corrected chi connectivity index (χ4v) is 3.28. The van der Waals surface area contributed by atoms with E-state index in [2.05, 4.69) is 19.9 Å². The third-order valence-electron chi connectivity index (χ3n) is 4.94. The summed E-state index contributed by atoms with van der Waals surface area (Å²) in [6.07, 6.45) is 0. The molecule has 3 rings (SSSR count). The van der Waals surface area contributed by atoms with Gasteiger partial charge in [0, 0.05) is 0 Å². The fraction of sp³-hybridized carbons (Fsp3) is 0.348. The summed E-state index contributed by atoms with van der Waals surface area (Å²) in [4.78, 5) is 18.1. The maximum Gasteiger partial charge on any atom is 0.261 e. The molecule has 1 heterocycles. The highest BCUT2D eigenvalue weighted by Gasteiger charge is 2.23. The molecule has 0 saturated carbocycles. The summed E-state index contributed by atoms with van der Waals surface area (Å²) >= 11 is 0. The van der Waals surface area contributed by atoms with Gasteiger partial charge in [-0.05, 0) is 35.1 Å². The maximum atomic E-state index is 13.3. The molecular formula is C23H25N3O. The van der Waals surface area contributed by atoms with Crippen molar-refractivity contribution in [3.8, 4) is 6.07 Å². The van der Waals surface area contributed by atoms with Crippen LogP contribution in [-0.2, 0) is 6.54 Å². The highest BCUT2D eigenvalue weighted by molar-refractivity contribution is 5.78. The average Bonchev–Trinajstić information content (AvgIpc) is 2.65. The van der Waals surface area contributed by atoms with E-state index in [9.17, 15) is 10.1 Å². The van der Waals surface area contributed by atoms with E-state index in [1.54, 1.807) is 4.57 Å². The molecule has 1 aromatic heterocycles. The number of aromatic nitrogens is 2. The molecule has 0 aliphatic carbocycles. The van der Waals surface area contributed by atoms with Crippen LogP contribution in [0.5, 0.6) is 0 Å². The number of hydrogen-bond acceptors (Lipinski definition) is 3. The zero-order valence-electron chi connectivity index (χ0n) is 16.3. The molecule has 1 atom stereocenters. The standard InChI is InChI=1S/C23H25N3O/c1-15(2)18-10-11-19-21(12-18)25-22(20(13-24)16(3)4)26(23(19)27)14-17-8-6-5-7-9-17/h5-12,15-16,20H,14H2,1-4H3. The van der Waals surface area contributed by atoms with E-state index in [0.29, 0.717) is 29.2 Å². The van der Waals surface area contributed by atoms with Gasteiger partial charge in [0.05, 0.1) is 23.5 Å². The Morgan fingerprint density at radius 2 is 1.78 bits per heavy atom. The van der Waals surface area contributed by atoms with E-state index in [1.807, 2.05) is 62.4 Å². The number of nitrogens with zero attached hydrogens (tertiary/aromatic N) is 3. The van der Waals surface area contributed by atoms with Gasteiger partial charge in [-0.25, -0.2) is 4.98 Å². The molecule has 0 spiro atoms. The third kappa shape index (κ3) is 3.78. The van der Waals surface area contributed by atoms with Crippen LogP contribution in [0, 0.1) is 17.2 Å². The molecule has 0 fully saturated rings. The van der Waals surface area contributed by atoms with E-state index < -0.39 is 5.92 Å². The zero-order valence-corrected chi connectivity index (χ0v) is 16.3. The van der Waals surface area contributed by atoms with Crippen molar-refractivity contribution in [1.82, 2.24) is 9.55 Å². The fourth-order valence-electron chi connectivity index (χ4n) is 3.28. The van der Waals surface area contributed by atoms with Crippen LogP contribution in [-0.4, -0.2) is 9.55 Å². The lowest BCUT2D eigenvalue weighted by atomic mass is 9.95. The Labute approximate surface area is 160 Å². The Kier molecular flexibility index (Phi) is 5.41. The van der Waals surface area contributed by atoms with Crippen LogP contribution in [0.25, 0.3) is 10.9 Å². The first-order valence-corrected chi connectivity index (χ1v) is 9.40. The minimum absolute atomic E-state index is 0.0645. The van der Waals surface area contributed by atoms with Crippen molar-refractivity contribution >= 4 is 10.9 Å². The molecule has 27 heavy (non-hydrogen) atoms. The van der Waals surface area contributed by atoms with Gasteiger partial charge in [0.15, 0.2) is 0 Å². The van der Waals surface area contributed by atoms with Gasteiger partial charge in [0.2, 0.25) is 0 Å². The predicted octanol–water partition coefficient (Wildman–Crippen LogP) is 4.83. The summed E-state index contributed by atoms with van der Waals surface area (Å²) in [5.74, 6) is 0.529. The van der Waals surface area contributed by atoms with Crippen LogP contribution in [0.4, 0.5) is 0 Å². The van der Waals surface area contributed by atoms with Crippen molar-refractivity contribution in [3.05, 3.63) is 75.8 Å². The molecule has 4 heteroatoms. The zero-order chi connectivity index (χ0) is 19.6. The first-order valence-electron chi connectivity index (χ1n) is 9.40. The third-order valence-corrected chi connectivity index (χ3v) is 4.94. The van der Waals surface area contributed by atoms with Crippen LogP contribution in [0.3, 0.4) is 0 Å². The summed E-state index contributed by atoms with van der Waals surface area (Å²) < 4.78 is 1.67. The first-order chi connectivity index (χ1) is 12.9. The van der Waals surface area contributed by atoms with Gasteiger partial charge in [0.25, 0.3) is 5.56 Å². The van der Waals surface area contributed by atoms with Gasteiger partial charge in [-0.1, -0.05) is 64.1 Å². The molecule has 0 amide bonds. The summed E-state index contributed by atoms with van der Waals surface area (Å²) in [5, 5.41) is 10.3. The number of rotatable bonds is 5. The molecular weight excluding hydrogens is 334 g/mol. The maximum absolute atomic E-state index is 13.3. The molecule has 0 saturated heterocycles. The Balaban J connectivity index is 2.27. The Morgan fingerprint density at radius 1 is 1.07 bits per heavy atom. The van der Waals surface area contributed by atoms with Crippen molar-refractivity contribution < 1.29 is 0 Å². The van der Waals surface area contributed by atoms with Crippen LogP contribution in [0.2, 0.25) is 0 Å². The topological polar surface area (TPSA) is 58.7 Å². The van der Waals surface area contributed by atoms with Crippen molar-refractivity contribution in [2.45, 2.75) is 46.1 Å². The second-order valence-electron chi connectivity index (χ2n) is 7.63. The first kappa shape index (κ1) is 18.8. The lowest BCUT2D eigenvalue weighted by Crippen LogP contribution is -2.28. The van der Waals surface area contributed by atoms with Gasteiger partial charge in [-0.15, -0.1) is 0 Å². The molecule has 2 aromatic carbocycles. The SMILES string of the molecule is CC(C)c1ccc2c(=O)n(Cc3ccccc3)c(C(C#N)C(C)C)nc2c1. The van der Waals surface area contributed by atoms with Gasteiger partial charge in [-0.2, -0.15) is 5.26 Å². The van der Waals surface area contributed by atoms with Crippen molar-refractivity contribution in [2.75, 3.05) is 0 Å². The Morgan fingerprint density at radius 3 is 2.37 bits per heavy atom. The van der Waals surface area contributed by atoms with Crippen molar-refractivity contribution in [3.63, 3.8) is 0 Å². The van der Waals surface area contributed by atoms with Gasteiger partial charge >= 0.3 is 0 Å². The Hall–Kier alpha value is -2.93. The number of nitriles is 1. The summed E-state index contributed by atoms with van der Waals surface area (Å²) in [6, 6.07) is 18.0. The molecule has 0 aliphatic rings. The van der Waals surface area contributed by atoms with E-state index in [0.717, 1.165) is 11.1 Å². The van der Waals surface area contributed by atoms with Crippen molar-refractivity contribution in [2.24, 2.45) is 5.92 Å². The second-order valence-corrected chi connectivity index (χ2v) is 7.63. The van der Waals surface area contributed by atoms with E-state index in [-0.39, 0.29) is 11.5 Å². The molecule has 1 unspecified atom stereocenters. The van der Waals surface area contributed by atoms with Crippen LogP contribution >= 0.6 is 0 Å². The summed E-state index contributed by atoms with van der Waals surface area (Å²) in [7, 11) is 0. The normalized spacial score (nSPS) is 12.5. The van der Waals surface area contributed by atoms with Crippen LogP contribution in [0.15, 0.2) is 53.3 Å². The number of benzene rings is 2. The molecule has 138 valence electrons. The summed E-state index contributed by atoms with van der Waals surface area (Å²) in [5.41, 5.74) is 2.74. The molecule has 0 N–H and O–H groups in total. The second kappa shape index (κ2) is 7.75. The largest absolute Gasteiger partial charge is 0.291 e. The molecule has 4 nitrogen and oxygen atoms in total. The average molecular weight is 359 g/mol. The smallest absolute Gasteiger partial charge is 0.261 e. The molecule has 0 bridgehead atoms. The molecule has 0 radical (unpaired) electrons. The van der Waals surface area contributed by atoms with E-state index >= 15 is 0 Å². The van der Waals surface area contributed by atoms with Gasteiger partial charge in [-0.3, -0.25) is 9.36 Å². The van der Waals surface area contributed by atoms with E-state index in [4.69, 9.17) is 4.98 Å². The van der Waals surface area contributed by atoms with Gasteiger partial charge < -0.3 is 0 Å². The van der Waals surface area contributed by atoms with Crippen molar-refractivity contribution in [1.29, 1.82) is 5.26 Å². The minimum atomic E-state index is -0.437. The predicted molar refractivity (Wildman–Crippen MR) is 109 cm³/mol. The van der Waals surface area contributed by atoms with Crippen LogP contribution in [0.1, 0.15) is 56.5 Å². The lowest BCUT2D eigenvalue weighted by Gasteiger charge is -2.20. The lowest BCUT2D eigenvalue weighted by molar-refractivity contribution is 0.525. The minimum Gasteiger partial charge on any atom is -0.291 e. The van der Waals surface area contributed by atoms with E-state index in [1.165, 1.54) is 0 Å². The monoisotopic (exact) mass is 359 g/mol. The number of fused-ring (bicyclic) bond motifs is 1. The highest BCUT2D eigenvalue weighted by Crippen LogP contribution is 2.25. The molecule has 0 aliphatic heterocycles. The Bertz CT molecular complexity index is 1040. The molecule has 3 aromatic rings.